The molecular formula is C10H11ClN4O3. The van der Waals surface area contributed by atoms with E-state index >= 15 is 0 Å². The summed E-state index contributed by atoms with van der Waals surface area (Å²) in [5, 5.41) is 10.8. The van der Waals surface area contributed by atoms with Gasteiger partial charge in [-0.25, -0.2) is 4.98 Å². The molecule has 0 fully saturated rings. The Morgan fingerprint density at radius 2 is 2.39 bits per heavy atom. The number of carbonyl (C=O) groups is 1. The van der Waals surface area contributed by atoms with Gasteiger partial charge >= 0.3 is 0 Å². The maximum absolute atomic E-state index is 10.6. The lowest BCUT2D eigenvalue weighted by atomic mass is 10.3. The van der Waals surface area contributed by atoms with Gasteiger partial charge in [0.25, 0.3) is 6.54 Å². The second-order valence-electron chi connectivity index (χ2n) is 3.43. The predicted octanol–water partition coefficient (Wildman–Crippen LogP) is 0.998. The Labute approximate surface area is 108 Å². The highest BCUT2D eigenvalue weighted by Crippen LogP contribution is 2.06. The third-order valence-electron chi connectivity index (χ3n) is 2.07. The standard InChI is InChI=1S/C10H11ClN4O3/c1-14(7-16)10(6-15(17)18)13-5-8-2-3-9(11)12-4-8/h2-4,7H,5-6H2,1H3. The van der Waals surface area contributed by atoms with Gasteiger partial charge < -0.3 is 4.90 Å². The molecule has 0 radical (unpaired) electrons. The van der Waals surface area contributed by atoms with Crippen molar-refractivity contribution in [2.24, 2.45) is 4.99 Å². The number of hydrogen-bond donors (Lipinski definition) is 0. The van der Waals surface area contributed by atoms with Gasteiger partial charge in [-0.05, 0) is 11.6 Å². The van der Waals surface area contributed by atoms with E-state index in [-0.39, 0.29) is 12.4 Å². The van der Waals surface area contributed by atoms with E-state index < -0.39 is 11.5 Å². The molecule has 0 saturated carbocycles. The Kier molecular flexibility index (Phi) is 5.19. The molecule has 8 heteroatoms. The van der Waals surface area contributed by atoms with Crippen LogP contribution in [0, 0.1) is 10.1 Å². The molecule has 0 aliphatic rings. The summed E-state index contributed by atoms with van der Waals surface area (Å²) < 4.78 is 0. The van der Waals surface area contributed by atoms with Gasteiger partial charge in [0.05, 0.1) is 6.54 Å². The van der Waals surface area contributed by atoms with Crippen molar-refractivity contribution in [1.82, 2.24) is 9.88 Å². The molecule has 0 bridgehead atoms. The van der Waals surface area contributed by atoms with E-state index in [1.54, 1.807) is 12.1 Å². The molecule has 0 atom stereocenters. The second-order valence-corrected chi connectivity index (χ2v) is 3.82. The number of likely N-dealkylation sites (N-methyl/N-ethyl adjacent to an activating group) is 1. The maximum Gasteiger partial charge on any atom is 0.260 e. The first kappa shape index (κ1) is 14.0. The highest BCUT2D eigenvalue weighted by molar-refractivity contribution is 6.29. The van der Waals surface area contributed by atoms with Crippen LogP contribution < -0.4 is 0 Å². The van der Waals surface area contributed by atoms with Crippen LogP contribution in [0.15, 0.2) is 23.3 Å². The number of aliphatic imine (C=N–C) groups is 1. The maximum atomic E-state index is 10.6. The first-order chi connectivity index (χ1) is 8.52. The monoisotopic (exact) mass is 270 g/mol. The van der Waals surface area contributed by atoms with E-state index in [9.17, 15) is 14.9 Å². The molecule has 1 heterocycles. The van der Waals surface area contributed by atoms with E-state index in [1.807, 2.05) is 0 Å². The molecule has 0 spiro atoms. The van der Waals surface area contributed by atoms with E-state index in [1.165, 1.54) is 13.2 Å². The van der Waals surface area contributed by atoms with Crippen molar-refractivity contribution in [3.8, 4) is 0 Å². The van der Waals surface area contributed by atoms with Crippen LogP contribution >= 0.6 is 11.6 Å². The number of pyridine rings is 1. The molecule has 1 amide bonds. The van der Waals surface area contributed by atoms with Crippen molar-refractivity contribution in [2.75, 3.05) is 13.6 Å². The fourth-order valence-electron chi connectivity index (χ4n) is 1.13. The molecule has 18 heavy (non-hydrogen) atoms. The zero-order valence-corrected chi connectivity index (χ0v) is 10.4. The predicted molar refractivity (Wildman–Crippen MR) is 66.1 cm³/mol. The summed E-state index contributed by atoms with van der Waals surface area (Å²) >= 11 is 5.63. The molecule has 0 aromatic carbocycles. The topological polar surface area (TPSA) is 88.7 Å². The van der Waals surface area contributed by atoms with Crippen molar-refractivity contribution < 1.29 is 9.72 Å². The molecule has 0 N–H and O–H groups in total. The van der Waals surface area contributed by atoms with Crippen LogP contribution in [0.3, 0.4) is 0 Å². The third-order valence-corrected chi connectivity index (χ3v) is 2.29. The number of amides is 1. The molecule has 0 aliphatic carbocycles. The lowest BCUT2D eigenvalue weighted by Crippen LogP contribution is -2.31. The quantitative estimate of drug-likeness (QED) is 0.199. The zero-order chi connectivity index (χ0) is 13.5. The van der Waals surface area contributed by atoms with Crippen molar-refractivity contribution >= 4 is 23.8 Å². The summed E-state index contributed by atoms with van der Waals surface area (Å²) in [7, 11) is 1.41. The lowest BCUT2D eigenvalue weighted by Gasteiger charge is -2.10. The fourth-order valence-corrected chi connectivity index (χ4v) is 1.24. The van der Waals surface area contributed by atoms with Crippen LogP contribution in [0.25, 0.3) is 0 Å². The fraction of sp³-hybridized carbons (Fsp3) is 0.300. The SMILES string of the molecule is CN(C=O)C(C[N+](=O)[O-])=NCc1ccc(Cl)nc1. The Bertz CT molecular complexity index is 461. The van der Waals surface area contributed by atoms with Crippen LogP contribution in [0.2, 0.25) is 5.15 Å². The smallest absolute Gasteiger partial charge is 0.260 e. The normalized spacial score (nSPS) is 11.1. The van der Waals surface area contributed by atoms with E-state index in [4.69, 9.17) is 11.6 Å². The minimum atomic E-state index is -0.543. The highest BCUT2D eigenvalue weighted by atomic mass is 35.5. The van der Waals surface area contributed by atoms with Crippen LogP contribution in [-0.4, -0.2) is 40.6 Å². The van der Waals surface area contributed by atoms with Crippen molar-refractivity contribution in [1.29, 1.82) is 0 Å². The van der Waals surface area contributed by atoms with Crippen molar-refractivity contribution in [3.63, 3.8) is 0 Å². The summed E-state index contributed by atoms with van der Waals surface area (Å²) in [6.07, 6.45) is 2.00. The average Bonchev–Trinajstić information content (AvgIpc) is 2.35. The summed E-state index contributed by atoms with van der Waals surface area (Å²) in [5.74, 6) is 0.0879. The Hall–Kier alpha value is -2.02. The average molecular weight is 271 g/mol. The lowest BCUT2D eigenvalue weighted by molar-refractivity contribution is -0.464. The van der Waals surface area contributed by atoms with E-state index in [0.717, 1.165) is 10.5 Å². The molecule has 0 saturated heterocycles. The Balaban J connectivity index is 2.78. The Morgan fingerprint density at radius 3 is 2.89 bits per heavy atom. The van der Waals surface area contributed by atoms with Gasteiger partial charge in [0.2, 0.25) is 6.41 Å². The van der Waals surface area contributed by atoms with Gasteiger partial charge in [-0.2, -0.15) is 0 Å². The van der Waals surface area contributed by atoms with E-state index in [0.29, 0.717) is 11.6 Å². The number of nitrogens with zero attached hydrogens (tertiary/aromatic N) is 4. The first-order valence-corrected chi connectivity index (χ1v) is 5.34. The zero-order valence-electron chi connectivity index (χ0n) is 9.62. The molecule has 1 aromatic rings. The molecule has 7 nitrogen and oxygen atoms in total. The molecule has 0 aliphatic heterocycles. The summed E-state index contributed by atoms with van der Waals surface area (Å²) in [6.45, 7) is -0.304. The van der Waals surface area contributed by atoms with E-state index in [2.05, 4.69) is 9.98 Å². The van der Waals surface area contributed by atoms with Gasteiger partial charge in [0.15, 0.2) is 5.84 Å². The van der Waals surface area contributed by atoms with Gasteiger partial charge in [-0.1, -0.05) is 17.7 Å². The molecule has 1 aromatic heterocycles. The van der Waals surface area contributed by atoms with Gasteiger partial charge in [-0.3, -0.25) is 19.9 Å². The number of nitro groups is 1. The van der Waals surface area contributed by atoms with Crippen molar-refractivity contribution in [2.45, 2.75) is 6.54 Å². The minimum Gasteiger partial charge on any atom is -0.301 e. The number of halogens is 1. The minimum absolute atomic E-state index is 0.0879. The van der Waals surface area contributed by atoms with Gasteiger partial charge in [-0.15, -0.1) is 0 Å². The van der Waals surface area contributed by atoms with Crippen LogP contribution in [0.1, 0.15) is 5.56 Å². The summed E-state index contributed by atoms with van der Waals surface area (Å²) in [6, 6.07) is 3.31. The Morgan fingerprint density at radius 1 is 1.67 bits per heavy atom. The van der Waals surface area contributed by atoms with Crippen LogP contribution in [-0.2, 0) is 11.3 Å². The van der Waals surface area contributed by atoms with Crippen LogP contribution in [0.4, 0.5) is 0 Å². The number of aromatic nitrogens is 1. The molecule has 1 rings (SSSR count). The largest absolute Gasteiger partial charge is 0.301 e. The number of rotatable bonds is 5. The van der Waals surface area contributed by atoms with Crippen LogP contribution in [0.5, 0.6) is 0 Å². The third kappa shape index (κ3) is 4.46. The molecule has 0 unspecified atom stereocenters. The van der Waals surface area contributed by atoms with Gasteiger partial charge in [0, 0.05) is 18.2 Å². The molecule has 96 valence electrons. The second kappa shape index (κ2) is 6.65. The number of amidine groups is 1. The summed E-state index contributed by atoms with van der Waals surface area (Å²) in [5.41, 5.74) is 0.750. The highest BCUT2D eigenvalue weighted by Gasteiger charge is 2.12. The van der Waals surface area contributed by atoms with Gasteiger partial charge in [0.1, 0.15) is 5.15 Å². The first-order valence-electron chi connectivity index (χ1n) is 4.96. The number of carbonyl (C=O) groups excluding carboxylic acids is 1. The number of hydrogen-bond acceptors (Lipinski definition) is 5. The molecular weight excluding hydrogens is 260 g/mol. The summed E-state index contributed by atoms with van der Waals surface area (Å²) in [4.78, 5) is 29.4. The van der Waals surface area contributed by atoms with Crippen molar-refractivity contribution in [3.05, 3.63) is 39.2 Å².